The number of nitrogens with one attached hydrogen (secondary N) is 1. The Morgan fingerprint density at radius 3 is 2.20 bits per heavy atom. The molecule has 1 unspecified atom stereocenters. The van der Waals surface area contributed by atoms with Crippen molar-refractivity contribution in [3.8, 4) is 5.88 Å². The lowest BCUT2D eigenvalue weighted by Crippen LogP contribution is -2.43. The standard InChI is InChI=1S/C38H64FN5O6Si/c1-25(41-33(45)48-36(5,6)7)29(39)19-21-47-31-23-27(18-20-40-31)43(34(46)49-37(8,9)10)32-24-30(42-44(32)35(2,3)4)26-16-17-28(22-26)50-51(14,15)38(11,12)13/h18,20,23-26,28-29H,16-17,19,21-22H2,1-15H3,(H,41,45)/t25-,26-,28+,29?/m0/s1. The highest BCUT2D eigenvalue weighted by atomic mass is 28.4. The van der Waals surface area contributed by atoms with Gasteiger partial charge in [0.2, 0.25) is 5.88 Å². The number of alkyl carbamates (subject to hydrolysis) is 1. The molecule has 13 heteroatoms. The summed E-state index contributed by atoms with van der Waals surface area (Å²) in [4.78, 5) is 32.0. The van der Waals surface area contributed by atoms with Crippen LogP contribution in [-0.2, 0) is 19.4 Å². The van der Waals surface area contributed by atoms with Crippen LogP contribution in [0.15, 0.2) is 24.4 Å². The van der Waals surface area contributed by atoms with Gasteiger partial charge < -0.3 is 24.0 Å². The summed E-state index contributed by atoms with van der Waals surface area (Å²) in [7, 11) is -1.93. The minimum absolute atomic E-state index is 0.000325. The zero-order chi connectivity index (χ0) is 38.7. The summed E-state index contributed by atoms with van der Waals surface area (Å²) < 4.78 is 40.7. The predicted octanol–water partition coefficient (Wildman–Crippen LogP) is 9.78. The molecule has 0 aromatic carbocycles. The Kier molecular flexibility index (Phi) is 13.1. The number of anilines is 2. The molecule has 2 aromatic heterocycles. The van der Waals surface area contributed by atoms with Gasteiger partial charge in [-0.1, -0.05) is 20.8 Å². The van der Waals surface area contributed by atoms with E-state index in [4.69, 9.17) is 23.7 Å². The summed E-state index contributed by atoms with van der Waals surface area (Å²) in [6.07, 6.45) is 1.84. The summed E-state index contributed by atoms with van der Waals surface area (Å²) in [6, 6.07) is 4.55. The number of carbonyl (C=O) groups is 2. The molecule has 2 amide bonds. The molecule has 1 aliphatic carbocycles. The number of amides is 2. The molecular formula is C38H64FN5O6Si. The maximum Gasteiger partial charge on any atom is 0.420 e. The number of halogens is 1. The van der Waals surface area contributed by atoms with E-state index < -0.39 is 49.5 Å². The minimum Gasteiger partial charge on any atom is -0.477 e. The molecule has 1 fully saturated rings. The average molecular weight is 734 g/mol. The molecule has 2 aromatic rings. The van der Waals surface area contributed by atoms with Crippen LogP contribution in [-0.4, -0.2) is 71.4 Å². The van der Waals surface area contributed by atoms with E-state index in [9.17, 15) is 14.0 Å². The van der Waals surface area contributed by atoms with Crippen molar-refractivity contribution < 1.29 is 32.6 Å². The van der Waals surface area contributed by atoms with Gasteiger partial charge in [0.15, 0.2) is 8.32 Å². The zero-order valence-electron chi connectivity index (χ0n) is 33.8. The second-order valence-electron chi connectivity index (χ2n) is 18.3. The second-order valence-corrected chi connectivity index (χ2v) is 23.0. The van der Waals surface area contributed by atoms with E-state index in [1.165, 1.54) is 4.90 Å². The van der Waals surface area contributed by atoms with E-state index in [0.29, 0.717) is 11.5 Å². The van der Waals surface area contributed by atoms with Crippen molar-refractivity contribution in [2.75, 3.05) is 11.5 Å². The SMILES string of the molecule is C[C@H](NC(=O)OC(C)(C)C)C(F)CCOc1cc(N(C(=O)OC(C)(C)C)c2cc([C@H]3CC[C@@H](O[Si](C)(C)C(C)(C)C)C3)nn2C(C)(C)C)ccn1. The molecule has 288 valence electrons. The Morgan fingerprint density at radius 1 is 1.00 bits per heavy atom. The van der Waals surface area contributed by atoms with E-state index in [0.717, 1.165) is 25.0 Å². The van der Waals surface area contributed by atoms with E-state index in [1.807, 2.05) is 52.3 Å². The zero-order valence-corrected chi connectivity index (χ0v) is 34.8. The van der Waals surface area contributed by atoms with E-state index in [2.05, 4.69) is 44.2 Å². The van der Waals surface area contributed by atoms with Crippen LogP contribution in [0.25, 0.3) is 0 Å². The quantitative estimate of drug-likeness (QED) is 0.227. The molecule has 1 aliphatic rings. The van der Waals surface area contributed by atoms with Crippen LogP contribution in [0.4, 0.5) is 25.5 Å². The first-order valence-electron chi connectivity index (χ1n) is 18.2. The van der Waals surface area contributed by atoms with Crippen molar-refractivity contribution in [1.82, 2.24) is 20.1 Å². The number of aromatic nitrogens is 3. The summed E-state index contributed by atoms with van der Waals surface area (Å²) in [5, 5.41) is 7.77. The molecular weight excluding hydrogens is 670 g/mol. The van der Waals surface area contributed by atoms with Gasteiger partial charge in [0.05, 0.1) is 29.6 Å². The first kappa shape index (κ1) is 42.2. The monoisotopic (exact) mass is 733 g/mol. The van der Waals surface area contributed by atoms with Crippen LogP contribution in [0.3, 0.4) is 0 Å². The van der Waals surface area contributed by atoms with Gasteiger partial charge in [0.25, 0.3) is 0 Å². The molecule has 4 atom stereocenters. The van der Waals surface area contributed by atoms with Crippen molar-refractivity contribution in [1.29, 1.82) is 0 Å². The highest BCUT2D eigenvalue weighted by Gasteiger charge is 2.42. The summed E-state index contributed by atoms with van der Waals surface area (Å²) in [5.74, 6) is 0.952. The molecule has 0 spiro atoms. The van der Waals surface area contributed by atoms with Crippen molar-refractivity contribution in [2.45, 2.75) is 175 Å². The van der Waals surface area contributed by atoms with Crippen LogP contribution in [0.1, 0.15) is 127 Å². The van der Waals surface area contributed by atoms with Gasteiger partial charge in [-0.3, -0.25) is 0 Å². The van der Waals surface area contributed by atoms with E-state index in [1.54, 1.807) is 46.0 Å². The lowest BCUT2D eigenvalue weighted by molar-refractivity contribution is 0.0473. The molecule has 0 bridgehead atoms. The number of rotatable bonds is 11. The normalized spacial score (nSPS) is 18.6. The molecule has 51 heavy (non-hydrogen) atoms. The Hall–Kier alpha value is -3.19. The van der Waals surface area contributed by atoms with Gasteiger partial charge in [0.1, 0.15) is 23.2 Å². The van der Waals surface area contributed by atoms with Gasteiger partial charge in [-0.05, 0) is 113 Å². The Bertz CT molecular complexity index is 1490. The molecule has 1 N–H and O–H groups in total. The number of hydrogen-bond acceptors (Lipinski definition) is 8. The lowest BCUT2D eigenvalue weighted by atomic mass is 10.0. The summed E-state index contributed by atoms with van der Waals surface area (Å²) >= 11 is 0. The second kappa shape index (κ2) is 15.8. The molecule has 11 nitrogen and oxygen atoms in total. The number of nitrogens with zero attached hydrogens (tertiary/aromatic N) is 4. The van der Waals surface area contributed by atoms with Crippen molar-refractivity contribution >= 4 is 32.0 Å². The van der Waals surface area contributed by atoms with Crippen LogP contribution in [0.2, 0.25) is 18.1 Å². The maximum atomic E-state index is 15.0. The Labute approximate surface area is 306 Å². The Morgan fingerprint density at radius 2 is 1.63 bits per heavy atom. The lowest BCUT2D eigenvalue weighted by Gasteiger charge is -2.38. The number of carbonyl (C=O) groups excluding carboxylic acids is 2. The fourth-order valence-electron chi connectivity index (χ4n) is 5.52. The third kappa shape index (κ3) is 12.2. The molecule has 1 saturated carbocycles. The van der Waals surface area contributed by atoms with Crippen molar-refractivity contribution in [2.24, 2.45) is 0 Å². The highest BCUT2D eigenvalue weighted by Crippen LogP contribution is 2.44. The van der Waals surface area contributed by atoms with Gasteiger partial charge >= 0.3 is 12.2 Å². The Balaban J connectivity index is 1.88. The third-order valence-corrected chi connectivity index (χ3v) is 13.7. The highest BCUT2D eigenvalue weighted by molar-refractivity contribution is 6.74. The third-order valence-electron chi connectivity index (χ3n) is 9.13. The smallest absolute Gasteiger partial charge is 0.420 e. The summed E-state index contributed by atoms with van der Waals surface area (Å²) in [6.45, 7) is 29.8. The first-order chi connectivity index (χ1) is 23.2. The summed E-state index contributed by atoms with van der Waals surface area (Å²) in [5.41, 5.74) is -0.557. The van der Waals surface area contributed by atoms with Gasteiger partial charge in [-0.25, -0.2) is 28.5 Å². The molecule has 3 rings (SSSR count). The van der Waals surface area contributed by atoms with Gasteiger partial charge in [-0.2, -0.15) is 5.10 Å². The minimum atomic E-state index is -1.93. The van der Waals surface area contributed by atoms with Crippen molar-refractivity contribution in [3.63, 3.8) is 0 Å². The van der Waals surface area contributed by atoms with Crippen LogP contribution in [0, 0.1) is 0 Å². The number of alkyl halides is 1. The van der Waals surface area contributed by atoms with Crippen LogP contribution < -0.4 is 15.0 Å². The number of pyridine rings is 1. The molecule has 0 saturated heterocycles. The van der Waals surface area contributed by atoms with Crippen LogP contribution in [0.5, 0.6) is 5.88 Å². The molecule has 2 heterocycles. The largest absolute Gasteiger partial charge is 0.477 e. The average Bonchev–Trinajstić information content (AvgIpc) is 3.58. The van der Waals surface area contributed by atoms with Crippen LogP contribution >= 0.6 is 0 Å². The van der Waals surface area contributed by atoms with Gasteiger partial charge in [-0.15, -0.1) is 0 Å². The van der Waals surface area contributed by atoms with Gasteiger partial charge in [0, 0.05) is 36.8 Å². The first-order valence-corrected chi connectivity index (χ1v) is 21.1. The fourth-order valence-corrected chi connectivity index (χ4v) is 6.92. The van der Waals surface area contributed by atoms with E-state index >= 15 is 0 Å². The predicted molar refractivity (Wildman–Crippen MR) is 202 cm³/mol. The van der Waals surface area contributed by atoms with Crippen molar-refractivity contribution in [3.05, 3.63) is 30.1 Å². The number of hydrogen-bond donors (Lipinski definition) is 1. The number of ether oxygens (including phenoxy) is 3. The van der Waals surface area contributed by atoms with E-state index in [-0.39, 0.29) is 36.0 Å². The molecule has 0 aliphatic heterocycles. The molecule has 0 radical (unpaired) electrons. The fraction of sp³-hybridized carbons (Fsp3) is 0.737. The topological polar surface area (TPSA) is 117 Å². The maximum absolute atomic E-state index is 15.0.